The molecule has 0 radical (unpaired) electrons. The van der Waals surface area contributed by atoms with Crippen molar-refractivity contribution in [3.05, 3.63) is 71.3 Å². The first-order chi connectivity index (χ1) is 14.7. The van der Waals surface area contributed by atoms with Crippen LogP contribution in [0.3, 0.4) is 0 Å². The normalized spacial score (nSPS) is 19.2. The van der Waals surface area contributed by atoms with E-state index in [0.29, 0.717) is 25.7 Å². The second kappa shape index (κ2) is 9.57. The van der Waals surface area contributed by atoms with Gasteiger partial charge in [-0.15, -0.1) is 0 Å². The number of hydrogen-bond acceptors (Lipinski definition) is 5. The highest BCUT2D eigenvalue weighted by molar-refractivity contribution is 8.15. The van der Waals surface area contributed by atoms with Crippen molar-refractivity contribution in [2.24, 2.45) is 10.8 Å². The van der Waals surface area contributed by atoms with E-state index in [1.165, 1.54) is 11.9 Å². The molecule has 2 unspecified atom stereocenters. The molecule has 2 aromatic carbocycles. The van der Waals surface area contributed by atoms with Crippen LogP contribution in [0.2, 0.25) is 0 Å². The Morgan fingerprint density at radius 3 is 2.61 bits per heavy atom. The van der Waals surface area contributed by atoms with Gasteiger partial charge in [-0.05, 0) is 49.9 Å². The Labute approximate surface area is 183 Å². The number of carbonyl (C=O) groups is 1. The molecule has 4 N–H and O–H groups in total. The van der Waals surface area contributed by atoms with Gasteiger partial charge in [0.05, 0.1) is 5.84 Å². The maximum atomic E-state index is 14.5. The van der Waals surface area contributed by atoms with Crippen LogP contribution in [0.1, 0.15) is 43.7 Å². The molecule has 0 saturated carbocycles. The van der Waals surface area contributed by atoms with Gasteiger partial charge in [0.2, 0.25) is 0 Å². The fourth-order valence-corrected chi connectivity index (χ4v) is 4.86. The highest BCUT2D eigenvalue weighted by atomic mass is 32.2. The lowest BCUT2D eigenvalue weighted by Gasteiger charge is -2.36. The van der Waals surface area contributed by atoms with Gasteiger partial charge in [-0.2, -0.15) is 5.10 Å². The molecular formula is C22H24F2N4O2S. The Hall–Kier alpha value is -2.78. The lowest BCUT2D eigenvalue weighted by molar-refractivity contribution is -0.143. The standard InChI is InChI=1S/C22H24F2N4O2S/c1-14(29)21(30)28-22(12-6-5-9-19(25)26,15-7-3-2-4-8-15)31-20(27-28)17-13-16(23)10-11-18(17)24/h2-4,7-8,10-11,13-14,29H,5-6,9,12H2,1H3,(H3,25,26). The van der Waals surface area contributed by atoms with Crippen molar-refractivity contribution < 1.29 is 18.7 Å². The number of hydrogen-bond donors (Lipinski definition) is 3. The predicted molar refractivity (Wildman–Crippen MR) is 118 cm³/mol. The van der Waals surface area contributed by atoms with Crippen LogP contribution < -0.4 is 5.73 Å². The van der Waals surface area contributed by atoms with Crippen LogP contribution >= 0.6 is 11.8 Å². The number of nitrogens with zero attached hydrogens (tertiary/aromatic N) is 2. The Kier molecular flexibility index (Phi) is 7.07. The van der Waals surface area contributed by atoms with Crippen molar-refractivity contribution in [3.8, 4) is 0 Å². The fraction of sp³-hybridized carbons (Fsp3) is 0.318. The van der Waals surface area contributed by atoms with Gasteiger partial charge in [0.25, 0.3) is 5.91 Å². The fourth-order valence-electron chi connectivity index (χ4n) is 3.43. The molecule has 0 fully saturated rings. The minimum atomic E-state index is -1.33. The first kappa shape index (κ1) is 22.9. The van der Waals surface area contributed by atoms with Gasteiger partial charge in [0.15, 0.2) is 0 Å². The molecule has 1 aliphatic rings. The number of amides is 1. The molecule has 0 bridgehead atoms. The Morgan fingerprint density at radius 2 is 1.97 bits per heavy atom. The van der Waals surface area contributed by atoms with Crippen molar-refractivity contribution in [2.45, 2.75) is 43.6 Å². The molecule has 0 spiro atoms. The van der Waals surface area contributed by atoms with Crippen LogP contribution in [0, 0.1) is 17.0 Å². The zero-order valence-electron chi connectivity index (χ0n) is 17.0. The highest BCUT2D eigenvalue weighted by Crippen LogP contribution is 2.51. The van der Waals surface area contributed by atoms with Gasteiger partial charge in [-0.25, -0.2) is 13.8 Å². The second-order valence-corrected chi connectivity index (χ2v) is 8.61. The average Bonchev–Trinajstić information content (AvgIpc) is 3.13. The Bertz CT molecular complexity index is 1000. The molecule has 31 heavy (non-hydrogen) atoms. The molecule has 0 aliphatic carbocycles. The minimum absolute atomic E-state index is 0.0464. The number of amidine groups is 1. The number of benzene rings is 2. The van der Waals surface area contributed by atoms with Gasteiger partial charge in [0, 0.05) is 12.0 Å². The molecule has 0 aromatic heterocycles. The molecule has 1 amide bonds. The third kappa shape index (κ3) is 4.94. The molecule has 6 nitrogen and oxygen atoms in total. The van der Waals surface area contributed by atoms with E-state index in [0.717, 1.165) is 35.5 Å². The number of aliphatic hydroxyl groups is 1. The number of aliphatic hydroxyl groups excluding tert-OH is 1. The summed E-state index contributed by atoms with van der Waals surface area (Å²) in [5.41, 5.74) is 6.15. The SMILES string of the molecule is CC(O)C(=O)N1N=C(c2cc(F)ccc2F)SC1(CCCCC(=N)N)c1ccccc1. The zero-order chi connectivity index (χ0) is 22.6. The molecule has 3 rings (SSSR count). The van der Waals surface area contributed by atoms with Crippen LogP contribution in [0.15, 0.2) is 53.6 Å². The minimum Gasteiger partial charge on any atom is -0.388 e. The quantitative estimate of drug-likeness (QED) is 0.325. The number of nitrogens with two attached hydrogens (primary N) is 1. The topological polar surface area (TPSA) is 103 Å². The van der Waals surface area contributed by atoms with Crippen molar-refractivity contribution in [1.82, 2.24) is 5.01 Å². The number of halogens is 2. The average molecular weight is 447 g/mol. The lowest BCUT2D eigenvalue weighted by Crippen LogP contribution is -2.45. The summed E-state index contributed by atoms with van der Waals surface area (Å²) in [6.45, 7) is 1.34. The van der Waals surface area contributed by atoms with E-state index in [-0.39, 0.29) is 16.4 Å². The number of nitrogens with one attached hydrogen (secondary N) is 1. The van der Waals surface area contributed by atoms with Crippen molar-refractivity contribution in [1.29, 1.82) is 5.41 Å². The van der Waals surface area contributed by atoms with E-state index in [2.05, 4.69) is 5.10 Å². The first-order valence-electron chi connectivity index (χ1n) is 9.88. The number of unbranched alkanes of at least 4 members (excludes halogenated alkanes) is 1. The van der Waals surface area contributed by atoms with Gasteiger partial charge in [-0.3, -0.25) is 10.2 Å². The summed E-state index contributed by atoms with van der Waals surface area (Å²) < 4.78 is 28.3. The van der Waals surface area contributed by atoms with Gasteiger partial charge >= 0.3 is 0 Å². The van der Waals surface area contributed by atoms with E-state index < -0.39 is 28.5 Å². The maximum absolute atomic E-state index is 14.5. The summed E-state index contributed by atoms with van der Waals surface area (Å²) in [7, 11) is 0. The number of thioether (sulfide) groups is 1. The Morgan fingerprint density at radius 1 is 1.26 bits per heavy atom. The third-order valence-electron chi connectivity index (χ3n) is 4.96. The summed E-state index contributed by atoms with van der Waals surface area (Å²) in [5, 5.41) is 23.1. The van der Waals surface area contributed by atoms with E-state index in [1.54, 1.807) is 0 Å². The second-order valence-electron chi connectivity index (χ2n) is 7.34. The van der Waals surface area contributed by atoms with E-state index in [1.807, 2.05) is 30.3 Å². The van der Waals surface area contributed by atoms with Gasteiger partial charge in [0.1, 0.15) is 27.7 Å². The number of rotatable bonds is 8. The third-order valence-corrected chi connectivity index (χ3v) is 6.41. The van der Waals surface area contributed by atoms with Crippen LogP contribution in [0.4, 0.5) is 8.78 Å². The first-order valence-corrected chi connectivity index (χ1v) is 10.7. The number of carbonyl (C=O) groups excluding carboxylic acids is 1. The molecule has 0 saturated heterocycles. The Balaban J connectivity index is 2.07. The molecular weight excluding hydrogens is 422 g/mol. The summed E-state index contributed by atoms with van der Waals surface area (Å²) in [5.74, 6) is -1.84. The van der Waals surface area contributed by atoms with Gasteiger partial charge < -0.3 is 10.8 Å². The lowest BCUT2D eigenvalue weighted by atomic mass is 9.98. The van der Waals surface area contributed by atoms with E-state index in [4.69, 9.17) is 11.1 Å². The smallest absolute Gasteiger partial charge is 0.272 e. The summed E-state index contributed by atoms with van der Waals surface area (Å²) >= 11 is 1.15. The molecule has 9 heteroatoms. The summed E-state index contributed by atoms with van der Waals surface area (Å²) in [6, 6.07) is 12.2. The molecule has 1 heterocycles. The largest absolute Gasteiger partial charge is 0.388 e. The van der Waals surface area contributed by atoms with E-state index >= 15 is 0 Å². The highest BCUT2D eigenvalue weighted by Gasteiger charge is 2.49. The van der Waals surface area contributed by atoms with Crippen LogP contribution in [0.5, 0.6) is 0 Å². The summed E-state index contributed by atoms with van der Waals surface area (Å²) in [6.07, 6.45) is 0.703. The van der Waals surface area contributed by atoms with Crippen molar-refractivity contribution >= 4 is 28.5 Å². The van der Waals surface area contributed by atoms with Crippen LogP contribution in [-0.2, 0) is 9.67 Å². The predicted octanol–water partition coefficient (Wildman–Crippen LogP) is 3.93. The molecule has 1 aliphatic heterocycles. The van der Waals surface area contributed by atoms with Crippen molar-refractivity contribution in [2.75, 3.05) is 0 Å². The molecule has 2 aromatic rings. The monoisotopic (exact) mass is 446 g/mol. The number of hydrazone groups is 1. The van der Waals surface area contributed by atoms with Gasteiger partial charge in [-0.1, -0.05) is 42.1 Å². The van der Waals surface area contributed by atoms with E-state index in [9.17, 15) is 18.7 Å². The van der Waals surface area contributed by atoms with Crippen molar-refractivity contribution in [3.63, 3.8) is 0 Å². The zero-order valence-corrected chi connectivity index (χ0v) is 17.8. The van der Waals surface area contributed by atoms with Crippen LogP contribution in [0.25, 0.3) is 0 Å². The van der Waals surface area contributed by atoms with Crippen LogP contribution in [-0.4, -0.2) is 33.0 Å². The molecule has 164 valence electrons. The maximum Gasteiger partial charge on any atom is 0.272 e. The summed E-state index contributed by atoms with van der Waals surface area (Å²) in [4.78, 5) is 11.9. The molecule has 2 atom stereocenters.